The van der Waals surface area contributed by atoms with Crippen LogP contribution in [-0.2, 0) is 6.42 Å². The Morgan fingerprint density at radius 1 is 1.44 bits per heavy atom. The molecule has 2 atom stereocenters. The molecule has 1 saturated heterocycles. The van der Waals surface area contributed by atoms with Crippen molar-refractivity contribution in [2.75, 3.05) is 13.1 Å². The Kier molecular flexibility index (Phi) is 3.85. The fourth-order valence-corrected chi connectivity index (χ4v) is 2.20. The van der Waals surface area contributed by atoms with Gasteiger partial charge in [-0.05, 0) is 18.6 Å². The van der Waals surface area contributed by atoms with Crippen molar-refractivity contribution in [2.24, 2.45) is 0 Å². The molecule has 1 amide bonds. The van der Waals surface area contributed by atoms with Gasteiger partial charge in [0.15, 0.2) is 0 Å². The van der Waals surface area contributed by atoms with Gasteiger partial charge in [-0.2, -0.15) is 0 Å². The number of rotatable bonds is 2. The average Bonchev–Trinajstić information content (AvgIpc) is 2.68. The zero-order valence-electron chi connectivity index (χ0n) is 10.0. The molecule has 2 heterocycles. The average molecular weight is 271 g/mol. The molecule has 0 bridgehead atoms. The Labute approximate surface area is 110 Å². The van der Waals surface area contributed by atoms with Crippen LogP contribution < -0.4 is 0 Å². The molecule has 0 unspecified atom stereocenters. The number of aliphatic hydroxyl groups excluding tert-OH is 2. The van der Waals surface area contributed by atoms with Crippen LogP contribution in [0.25, 0.3) is 0 Å². The van der Waals surface area contributed by atoms with Gasteiger partial charge in [-0.3, -0.25) is 4.79 Å². The summed E-state index contributed by atoms with van der Waals surface area (Å²) in [5.41, 5.74) is 1.18. The summed E-state index contributed by atoms with van der Waals surface area (Å²) in [5, 5.41) is 19.1. The van der Waals surface area contributed by atoms with Crippen molar-refractivity contribution < 1.29 is 15.0 Å². The van der Waals surface area contributed by atoms with Crippen LogP contribution in [-0.4, -0.2) is 51.3 Å². The van der Waals surface area contributed by atoms with E-state index >= 15 is 0 Å². The zero-order valence-corrected chi connectivity index (χ0v) is 10.8. The number of nitrogens with zero attached hydrogens (tertiary/aromatic N) is 2. The van der Waals surface area contributed by atoms with Gasteiger partial charge in [-0.15, -0.1) is 0 Å². The van der Waals surface area contributed by atoms with Crippen LogP contribution in [0.4, 0.5) is 0 Å². The number of amides is 1. The highest BCUT2D eigenvalue weighted by Crippen LogP contribution is 2.17. The van der Waals surface area contributed by atoms with E-state index in [0.717, 1.165) is 5.69 Å². The van der Waals surface area contributed by atoms with Crippen LogP contribution in [0.3, 0.4) is 0 Å². The van der Waals surface area contributed by atoms with Crippen molar-refractivity contribution in [3.63, 3.8) is 0 Å². The Balaban J connectivity index is 2.21. The number of aliphatic hydroxyl groups is 2. The van der Waals surface area contributed by atoms with Crippen molar-refractivity contribution >= 4 is 17.5 Å². The minimum Gasteiger partial charge on any atom is -0.388 e. The Morgan fingerprint density at radius 3 is 2.61 bits per heavy atom. The summed E-state index contributed by atoms with van der Waals surface area (Å²) in [4.78, 5) is 17.7. The van der Waals surface area contributed by atoms with Gasteiger partial charge in [0.2, 0.25) is 0 Å². The van der Waals surface area contributed by atoms with Crippen molar-refractivity contribution in [1.82, 2.24) is 9.88 Å². The zero-order chi connectivity index (χ0) is 13.3. The number of likely N-dealkylation sites (tertiary alicyclic amines) is 1. The van der Waals surface area contributed by atoms with Gasteiger partial charge in [0.05, 0.1) is 12.2 Å². The third-order valence-electron chi connectivity index (χ3n) is 3.00. The SMILES string of the molecule is CCc1cc(C(=O)N2C[C@@H](O)[C@@H](O)C2)cc(Cl)n1. The number of carbonyl (C=O) groups is 1. The van der Waals surface area contributed by atoms with E-state index in [0.29, 0.717) is 12.0 Å². The highest BCUT2D eigenvalue weighted by molar-refractivity contribution is 6.29. The number of halogens is 1. The van der Waals surface area contributed by atoms with E-state index in [4.69, 9.17) is 11.6 Å². The van der Waals surface area contributed by atoms with E-state index in [1.165, 1.54) is 11.0 Å². The van der Waals surface area contributed by atoms with E-state index in [9.17, 15) is 15.0 Å². The molecular formula is C12H15ClN2O3. The summed E-state index contributed by atoms with van der Waals surface area (Å²) >= 11 is 5.86. The number of aromatic nitrogens is 1. The summed E-state index contributed by atoms with van der Waals surface area (Å²) in [7, 11) is 0. The summed E-state index contributed by atoms with van der Waals surface area (Å²) in [6, 6.07) is 3.19. The predicted molar refractivity (Wildman–Crippen MR) is 66.5 cm³/mol. The topological polar surface area (TPSA) is 73.7 Å². The lowest BCUT2D eigenvalue weighted by atomic mass is 10.2. The molecule has 2 rings (SSSR count). The van der Waals surface area contributed by atoms with Crippen LogP contribution in [0.15, 0.2) is 12.1 Å². The van der Waals surface area contributed by atoms with Gasteiger partial charge in [0.1, 0.15) is 5.15 Å². The number of β-amino-alcohol motifs (C(OH)–C–C–N with tert-alkyl or cyclic N) is 2. The number of pyridine rings is 1. The molecule has 0 aromatic carbocycles. The molecule has 1 aromatic rings. The molecule has 5 nitrogen and oxygen atoms in total. The van der Waals surface area contributed by atoms with Crippen LogP contribution in [0.2, 0.25) is 5.15 Å². The molecule has 0 radical (unpaired) electrons. The molecular weight excluding hydrogens is 256 g/mol. The predicted octanol–water partition coefficient (Wildman–Crippen LogP) is 0.475. The second kappa shape index (κ2) is 5.22. The monoisotopic (exact) mass is 270 g/mol. The molecule has 1 fully saturated rings. The first-order chi connectivity index (χ1) is 8.51. The summed E-state index contributed by atoms with van der Waals surface area (Å²) in [5.74, 6) is -0.246. The maximum atomic E-state index is 12.2. The van der Waals surface area contributed by atoms with Crippen LogP contribution >= 0.6 is 11.6 Å². The minimum absolute atomic E-state index is 0.140. The molecule has 6 heteroatoms. The number of aryl methyl sites for hydroxylation is 1. The van der Waals surface area contributed by atoms with E-state index < -0.39 is 12.2 Å². The maximum absolute atomic E-state index is 12.2. The lowest BCUT2D eigenvalue weighted by Gasteiger charge is -2.15. The van der Waals surface area contributed by atoms with Crippen molar-refractivity contribution in [3.05, 3.63) is 28.5 Å². The van der Waals surface area contributed by atoms with Gasteiger partial charge < -0.3 is 15.1 Å². The standard InChI is InChI=1S/C12H15ClN2O3/c1-2-8-3-7(4-11(13)14-8)12(18)15-5-9(16)10(17)6-15/h3-4,9-10,16-17H,2,5-6H2,1H3/t9-,10+. The maximum Gasteiger partial charge on any atom is 0.254 e. The molecule has 1 aliphatic rings. The third-order valence-corrected chi connectivity index (χ3v) is 3.20. The third kappa shape index (κ3) is 2.63. The largest absolute Gasteiger partial charge is 0.388 e. The van der Waals surface area contributed by atoms with Gasteiger partial charge >= 0.3 is 0 Å². The molecule has 0 saturated carbocycles. The Bertz CT molecular complexity index is 457. The minimum atomic E-state index is -0.878. The normalized spacial score (nSPS) is 23.4. The van der Waals surface area contributed by atoms with E-state index in [1.54, 1.807) is 6.07 Å². The molecule has 0 aliphatic carbocycles. The molecule has 98 valence electrons. The highest BCUT2D eigenvalue weighted by atomic mass is 35.5. The quantitative estimate of drug-likeness (QED) is 0.767. The van der Waals surface area contributed by atoms with Crippen LogP contribution in [0.1, 0.15) is 23.0 Å². The molecule has 0 spiro atoms. The highest BCUT2D eigenvalue weighted by Gasteiger charge is 2.33. The second-order valence-electron chi connectivity index (χ2n) is 4.37. The van der Waals surface area contributed by atoms with Gasteiger partial charge in [-0.1, -0.05) is 18.5 Å². The van der Waals surface area contributed by atoms with E-state index in [2.05, 4.69) is 4.98 Å². The van der Waals surface area contributed by atoms with Gasteiger partial charge in [-0.25, -0.2) is 4.98 Å². The number of hydrogen-bond donors (Lipinski definition) is 2. The van der Waals surface area contributed by atoms with E-state index in [-0.39, 0.29) is 24.1 Å². The lowest BCUT2D eigenvalue weighted by Crippen LogP contribution is -2.30. The fraction of sp³-hybridized carbons (Fsp3) is 0.500. The summed E-state index contributed by atoms with van der Waals surface area (Å²) < 4.78 is 0. The molecule has 1 aliphatic heterocycles. The van der Waals surface area contributed by atoms with Crippen LogP contribution in [0.5, 0.6) is 0 Å². The van der Waals surface area contributed by atoms with Gasteiger partial charge in [0.25, 0.3) is 5.91 Å². The van der Waals surface area contributed by atoms with Crippen molar-refractivity contribution in [3.8, 4) is 0 Å². The number of carbonyl (C=O) groups excluding carboxylic acids is 1. The smallest absolute Gasteiger partial charge is 0.254 e. The fourth-order valence-electron chi connectivity index (χ4n) is 1.97. The summed E-state index contributed by atoms with van der Waals surface area (Å²) in [6.45, 7) is 2.21. The summed E-state index contributed by atoms with van der Waals surface area (Å²) in [6.07, 6.45) is -1.07. The Hall–Kier alpha value is -1.17. The molecule has 2 N–H and O–H groups in total. The molecule has 1 aromatic heterocycles. The van der Waals surface area contributed by atoms with E-state index in [1.807, 2.05) is 6.92 Å². The van der Waals surface area contributed by atoms with Crippen molar-refractivity contribution in [2.45, 2.75) is 25.6 Å². The first-order valence-electron chi connectivity index (χ1n) is 5.83. The number of hydrogen-bond acceptors (Lipinski definition) is 4. The van der Waals surface area contributed by atoms with Gasteiger partial charge in [0, 0.05) is 24.3 Å². The lowest BCUT2D eigenvalue weighted by molar-refractivity contribution is 0.0572. The Morgan fingerprint density at radius 2 is 2.06 bits per heavy atom. The second-order valence-corrected chi connectivity index (χ2v) is 4.76. The first-order valence-corrected chi connectivity index (χ1v) is 6.21. The first kappa shape index (κ1) is 13.3. The molecule has 18 heavy (non-hydrogen) atoms. The van der Waals surface area contributed by atoms with Crippen LogP contribution in [0, 0.1) is 0 Å². The van der Waals surface area contributed by atoms with Crippen molar-refractivity contribution in [1.29, 1.82) is 0 Å².